The quantitative estimate of drug-likeness (QED) is 0.730. The van der Waals surface area contributed by atoms with E-state index in [4.69, 9.17) is 10.5 Å². The number of hydrogen-bond acceptors (Lipinski definition) is 3. The van der Waals surface area contributed by atoms with Crippen LogP contribution in [-0.2, 0) is 11.2 Å². The molecule has 3 N–H and O–H groups in total. The monoisotopic (exact) mass is 406 g/mol. The lowest BCUT2D eigenvalue weighted by molar-refractivity contribution is -0.127. The van der Waals surface area contributed by atoms with E-state index in [0.717, 1.165) is 27.4 Å². The summed E-state index contributed by atoms with van der Waals surface area (Å²) in [4.78, 5) is 11.8. The Kier molecular flexibility index (Phi) is 7.55. The lowest BCUT2D eigenvalue weighted by Gasteiger charge is -2.17. The summed E-state index contributed by atoms with van der Waals surface area (Å²) in [6.45, 7) is 4.99. The molecule has 0 fully saturated rings. The number of nitrogens with one attached hydrogen (secondary N) is 1. The lowest BCUT2D eigenvalue weighted by atomic mass is 10.1. The first-order chi connectivity index (χ1) is 9.49. The molecule has 0 aromatic heterocycles. The summed E-state index contributed by atoms with van der Waals surface area (Å²) in [6.07, 6.45) is 1.15. The minimum atomic E-state index is -0.547. The van der Waals surface area contributed by atoms with Crippen LogP contribution in [-0.4, -0.2) is 25.1 Å². The predicted octanol–water partition coefficient (Wildman–Crippen LogP) is 3.01. The molecule has 1 rings (SSSR count). The zero-order chi connectivity index (χ0) is 15.1. The summed E-state index contributed by atoms with van der Waals surface area (Å²) in [5, 5.41) is 2.81. The molecular formula is C14H20Br2N2O2. The Morgan fingerprint density at radius 2 is 2.00 bits per heavy atom. The largest absolute Gasteiger partial charge is 0.479 e. The van der Waals surface area contributed by atoms with Crippen molar-refractivity contribution in [3.8, 4) is 5.75 Å². The molecule has 0 bridgehead atoms. The standard InChI is InChI=1S/C14H20Br2N2O2/c1-3-6-18-14(19)9(2)20-13-11(15)7-10(4-5-17)8-12(13)16/h7-9H,3-6,17H2,1-2H3,(H,18,19). The molecule has 0 aliphatic carbocycles. The maximum Gasteiger partial charge on any atom is 0.260 e. The average Bonchev–Trinajstić information content (AvgIpc) is 2.40. The highest BCUT2D eigenvalue weighted by Crippen LogP contribution is 2.35. The van der Waals surface area contributed by atoms with Gasteiger partial charge in [0.25, 0.3) is 5.91 Å². The van der Waals surface area contributed by atoms with Gasteiger partial charge in [0.1, 0.15) is 5.75 Å². The van der Waals surface area contributed by atoms with Crippen LogP contribution in [0, 0.1) is 0 Å². The van der Waals surface area contributed by atoms with Crippen LogP contribution in [0.2, 0.25) is 0 Å². The van der Waals surface area contributed by atoms with Crippen molar-refractivity contribution < 1.29 is 9.53 Å². The van der Waals surface area contributed by atoms with E-state index < -0.39 is 6.10 Å². The lowest BCUT2D eigenvalue weighted by Crippen LogP contribution is -2.36. The van der Waals surface area contributed by atoms with Gasteiger partial charge in [0.15, 0.2) is 6.10 Å². The SMILES string of the molecule is CCCNC(=O)C(C)Oc1c(Br)cc(CCN)cc1Br. The van der Waals surface area contributed by atoms with Crippen LogP contribution in [0.15, 0.2) is 21.1 Å². The molecule has 4 nitrogen and oxygen atoms in total. The molecule has 0 aliphatic heterocycles. The topological polar surface area (TPSA) is 64.3 Å². The van der Waals surface area contributed by atoms with Gasteiger partial charge in [-0.2, -0.15) is 0 Å². The van der Waals surface area contributed by atoms with E-state index in [9.17, 15) is 4.79 Å². The Balaban J connectivity index is 2.79. The van der Waals surface area contributed by atoms with E-state index in [1.54, 1.807) is 6.92 Å². The zero-order valence-electron chi connectivity index (χ0n) is 11.7. The molecule has 0 saturated heterocycles. The van der Waals surface area contributed by atoms with Gasteiger partial charge in [0, 0.05) is 6.54 Å². The summed E-state index contributed by atoms with van der Waals surface area (Å²) >= 11 is 6.94. The first kappa shape index (κ1) is 17.5. The van der Waals surface area contributed by atoms with Crippen LogP contribution in [0.25, 0.3) is 0 Å². The molecule has 1 aromatic rings. The number of hydrogen-bond donors (Lipinski definition) is 2. The van der Waals surface area contributed by atoms with Crippen molar-refractivity contribution in [1.82, 2.24) is 5.32 Å². The second-order valence-corrected chi connectivity index (χ2v) is 6.19. The minimum Gasteiger partial charge on any atom is -0.479 e. The normalized spacial score (nSPS) is 12.1. The summed E-state index contributed by atoms with van der Waals surface area (Å²) < 4.78 is 7.35. The van der Waals surface area contributed by atoms with Gasteiger partial charge in [0.05, 0.1) is 8.95 Å². The van der Waals surface area contributed by atoms with E-state index in [1.807, 2.05) is 19.1 Å². The van der Waals surface area contributed by atoms with Gasteiger partial charge in [-0.1, -0.05) is 6.92 Å². The summed E-state index contributed by atoms with van der Waals surface area (Å²) in [6, 6.07) is 3.92. The molecule has 1 amide bonds. The molecule has 0 aliphatic rings. The fourth-order valence-electron chi connectivity index (χ4n) is 1.66. The highest BCUT2D eigenvalue weighted by atomic mass is 79.9. The molecule has 0 radical (unpaired) electrons. The van der Waals surface area contributed by atoms with Crippen LogP contribution in [0.1, 0.15) is 25.8 Å². The van der Waals surface area contributed by atoms with Crippen molar-refractivity contribution in [1.29, 1.82) is 0 Å². The smallest absolute Gasteiger partial charge is 0.260 e. The van der Waals surface area contributed by atoms with Crippen LogP contribution in [0.3, 0.4) is 0 Å². The highest BCUT2D eigenvalue weighted by Gasteiger charge is 2.17. The van der Waals surface area contributed by atoms with Gasteiger partial charge in [-0.3, -0.25) is 4.79 Å². The Morgan fingerprint density at radius 1 is 1.40 bits per heavy atom. The molecule has 0 saturated carbocycles. The Bertz CT molecular complexity index is 443. The number of rotatable bonds is 7. The van der Waals surface area contributed by atoms with Crippen molar-refractivity contribution in [2.24, 2.45) is 5.73 Å². The first-order valence-corrected chi connectivity index (χ1v) is 8.20. The third kappa shape index (κ3) is 5.07. The van der Waals surface area contributed by atoms with Gasteiger partial charge < -0.3 is 15.8 Å². The zero-order valence-corrected chi connectivity index (χ0v) is 14.9. The number of benzene rings is 1. The van der Waals surface area contributed by atoms with Crippen molar-refractivity contribution in [2.45, 2.75) is 32.8 Å². The summed E-state index contributed by atoms with van der Waals surface area (Å²) in [7, 11) is 0. The Hall–Kier alpha value is -0.590. The van der Waals surface area contributed by atoms with Crippen LogP contribution in [0.4, 0.5) is 0 Å². The highest BCUT2D eigenvalue weighted by molar-refractivity contribution is 9.11. The van der Waals surface area contributed by atoms with Crippen LogP contribution < -0.4 is 15.8 Å². The molecule has 1 unspecified atom stereocenters. The first-order valence-electron chi connectivity index (χ1n) is 6.62. The van der Waals surface area contributed by atoms with E-state index in [2.05, 4.69) is 37.2 Å². The number of ether oxygens (including phenoxy) is 1. The molecule has 6 heteroatoms. The van der Waals surface area contributed by atoms with Gasteiger partial charge in [-0.15, -0.1) is 0 Å². The molecule has 112 valence electrons. The van der Waals surface area contributed by atoms with Crippen LogP contribution >= 0.6 is 31.9 Å². The maximum atomic E-state index is 11.8. The van der Waals surface area contributed by atoms with E-state index in [1.165, 1.54) is 0 Å². The second kappa shape index (κ2) is 8.64. The third-order valence-corrected chi connectivity index (χ3v) is 3.88. The Labute approximate surface area is 136 Å². The van der Waals surface area contributed by atoms with Crippen molar-refractivity contribution >= 4 is 37.8 Å². The van der Waals surface area contributed by atoms with E-state index >= 15 is 0 Å². The summed E-state index contributed by atoms with van der Waals surface area (Å²) in [5.41, 5.74) is 6.66. The molecule has 0 spiro atoms. The van der Waals surface area contributed by atoms with Gasteiger partial charge >= 0.3 is 0 Å². The van der Waals surface area contributed by atoms with Gasteiger partial charge in [-0.05, 0) is 75.9 Å². The maximum absolute atomic E-state index is 11.8. The fourth-order valence-corrected chi connectivity index (χ4v) is 3.13. The number of amides is 1. The molecule has 20 heavy (non-hydrogen) atoms. The van der Waals surface area contributed by atoms with Gasteiger partial charge in [0.2, 0.25) is 0 Å². The predicted molar refractivity (Wildman–Crippen MR) is 88.0 cm³/mol. The second-order valence-electron chi connectivity index (χ2n) is 4.48. The van der Waals surface area contributed by atoms with E-state index in [-0.39, 0.29) is 5.91 Å². The average molecular weight is 408 g/mol. The fraction of sp³-hybridized carbons (Fsp3) is 0.500. The van der Waals surface area contributed by atoms with Crippen molar-refractivity contribution in [3.63, 3.8) is 0 Å². The number of halogens is 2. The third-order valence-electron chi connectivity index (χ3n) is 2.70. The Morgan fingerprint density at radius 3 is 2.50 bits per heavy atom. The van der Waals surface area contributed by atoms with Gasteiger partial charge in [-0.25, -0.2) is 0 Å². The summed E-state index contributed by atoms with van der Waals surface area (Å²) in [5.74, 6) is 0.515. The molecule has 0 heterocycles. The number of carbonyl (C=O) groups is 1. The van der Waals surface area contributed by atoms with Crippen LogP contribution in [0.5, 0.6) is 5.75 Å². The molecule has 1 atom stereocenters. The number of carbonyl (C=O) groups excluding carboxylic acids is 1. The molecule has 1 aromatic carbocycles. The van der Waals surface area contributed by atoms with Crippen molar-refractivity contribution in [3.05, 3.63) is 26.6 Å². The number of nitrogens with two attached hydrogens (primary N) is 1. The van der Waals surface area contributed by atoms with Crippen molar-refractivity contribution in [2.75, 3.05) is 13.1 Å². The minimum absolute atomic E-state index is 0.114. The molecular weight excluding hydrogens is 388 g/mol. The van der Waals surface area contributed by atoms with E-state index in [0.29, 0.717) is 18.8 Å².